The van der Waals surface area contributed by atoms with Crippen LogP contribution in [0, 0.1) is 0 Å². The molecule has 1 aliphatic rings. The Balaban J connectivity index is 1.67. The van der Waals surface area contributed by atoms with Crippen LogP contribution in [-0.4, -0.2) is 42.7 Å². The number of benzene rings is 1. The molecule has 0 saturated carbocycles. The first-order chi connectivity index (χ1) is 8.72. The minimum Gasteiger partial charge on any atom is -0.378 e. The van der Waals surface area contributed by atoms with Gasteiger partial charge in [0.05, 0.1) is 34.5 Å². The van der Waals surface area contributed by atoms with E-state index in [9.17, 15) is 0 Å². The number of thiazole rings is 1. The molecule has 0 spiro atoms. The molecule has 3 nitrogen and oxygen atoms in total. The first kappa shape index (κ1) is 12.5. The average molecular weight is 327 g/mol. The highest BCUT2D eigenvalue weighted by Gasteiger charge is 2.22. The Morgan fingerprint density at radius 2 is 2.33 bits per heavy atom. The Hall–Kier alpha value is -0.490. The van der Waals surface area contributed by atoms with E-state index >= 15 is 0 Å². The van der Waals surface area contributed by atoms with Gasteiger partial charge in [-0.25, -0.2) is 4.98 Å². The molecule has 2 heterocycles. The second-order valence-corrected chi connectivity index (χ2v) is 6.67. The zero-order valence-electron chi connectivity index (χ0n) is 10.2. The molecule has 0 radical (unpaired) electrons. The number of hydrogen-bond donors (Lipinski definition) is 0. The molecule has 0 atom stereocenters. The number of nitrogens with zero attached hydrogens (tertiary/aromatic N) is 2. The lowest BCUT2D eigenvalue weighted by molar-refractivity contribution is -0.0555. The third-order valence-corrected chi connectivity index (χ3v) is 4.91. The standard InChI is InChI=1S/C13H15BrN2OS/c1-16(10-7-17-8-10)5-4-13-15-11-6-9(14)2-3-12(11)18-13/h2-3,6,10H,4-5,7-8H2,1H3. The van der Waals surface area contributed by atoms with Gasteiger partial charge in [0, 0.05) is 17.4 Å². The lowest BCUT2D eigenvalue weighted by atomic mass is 10.2. The van der Waals surface area contributed by atoms with Gasteiger partial charge < -0.3 is 4.74 Å². The maximum absolute atomic E-state index is 5.21. The normalized spacial score (nSPS) is 16.4. The molecule has 0 bridgehead atoms. The van der Waals surface area contributed by atoms with E-state index in [0.29, 0.717) is 6.04 Å². The molecule has 3 rings (SSSR count). The molecule has 1 saturated heterocycles. The molecule has 5 heteroatoms. The largest absolute Gasteiger partial charge is 0.378 e. The number of rotatable bonds is 4. The van der Waals surface area contributed by atoms with Crippen LogP contribution in [0.3, 0.4) is 0 Å². The smallest absolute Gasteiger partial charge is 0.0951 e. The van der Waals surface area contributed by atoms with Crippen molar-refractivity contribution >= 4 is 37.5 Å². The van der Waals surface area contributed by atoms with E-state index < -0.39 is 0 Å². The Morgan fingerprint density at radius 1 is 1.50 bits per heavy atom. The van der Waals surface area contributed by atoms with E-state index in [2.05, 4.69) is 51.1 Å². The van der Waals surface area contributed by atoms with Crippen LogP contribution in [0.5, 0.6) is 0 Å². The average Bonchev–Trinajstić information content (AvgIpc) is 2.65. The van der Waals surface area contributed by atoms with Crippen LogP contribution in [0.25, 0.3) is 10.2 Å². The lowest BCUT2D eigenvalue weighted by Crippen LogP contribution is -2.47. The second-order valence-electron chi connectivity index (χ2n) is 4.64. The number of likely N-dealkylation sites (N-methyl/N-ethyl adjacent to an activating group) is 1. The molecule has 0 aliphatic carbocycles. The minimum atomic E-state index is 0.605. The zero-order chi connectivity index (χ0) is 12.5. The molecule has 96 valence electrons. The van der Waals surface area contributed by atoms with Crippen molar-refractivity contribution in [3.05, 3.63) is 27.7 Å². The fourth-order valence-electron chi connectivity index (χ4n) is 1.99. The molecule has 2 aromatic rings. The second kappa shape index (κ2) is 5.25. The first-order valence-electron chi connectivity index (χ1n) is 6.05. The van der Waals surface area contributed by atoms with E-state index in [4.69, 9.17) is 4.74 Å². The van der Waals surface area contributed by atoms with E-state index in [1.807, 2.05) is 0 Å². The summed E-state index contributed by atoms with van der Waals surface area (Å²) in [5.74, 6) is 0. The third-order valence-electron chi connectivity index (χ3n) is 3.32. The summed E-state index contributed by atoms with van der Waals surface area (Å²) in [6.45, 7) is 2.81. The van der Waals surface area contributed by atoms with Crippen molar-refractivity contribution in [1.82, 2.24) is 9.88 Å². The van der Waals surface area contributed by atoms with Crippen molar-refractivity contribution in [2.75, 3.05) is 26.8 Å². The summed E-state index contributed by atoms with van der Waals surface area (Å²) < 4.78 is 7.57. The Morgan fingerprint density at radius 3 is 3.06 bits per heavy atom. The molecule has 0 unspecified atom stereocenters. The van der Waals surface area contributed by atoms with Gasteiger partial charge >= 0.3 is 0 Å². The lowest BCUT2D eigenvalue weighted by Gasteiger charge is -2.34. The van der Waals surface area contributed by atoms with Gasteiger partial charge in [0.25, 0.3) is 0 Å². The van der Waals surface area contributed by atoms with Crippen molar-refractivity contribution in [3.63, 3.8) is 0 Å². The maximum atomic E-state index is 5.21. The Bertz CT molecular complexity index is 553. The number of hydrogen-bond acceptors (Lipinski definition) is 4. The molecule has 1 aromatic carbocycles. The summed E-state index contributed by atoms with van der Waals surface area (Å²) >= 11 is 5.28. The highest BCUT2D eigenvalue weighted by atomic mass is 79.9. The van der Waals surface area contributed by atoms with Gasteiger partial charge in [0.2, 0.25) is 0 Å². The topological polar surface area (TPSA) is 25.4 Å². The van der Waals surface area contributed by atoms with Crippen LogP contribution in [0.1, 0.15) is 5.01 Å². The van der Waals surface area contributed by atoms with Crippen LogP contribution < -0.4 is 0 Å². The molecule has 18 heavy (non-hydrogen) atoms. The molecule has 1 aliphatic heterocycles. The van der Waals surface area contributed by atoms with Crippen LogP contribution in [0.2, 0.25) is 0 Å². The number of aromatic nitrogens is 1. The van der Waals surface area contributed by atoms with Crippen molar-refractivity contribution < 1.29 is 4.74 Å². The van der Waals surface area contributed by atoms with Gasteiger partial charge in [-0.3, -0.25) is 4.90 Å². The predicted molar refractivity (Wildman–Crippen MR) is 78.3 cm³/mol. The van der Waals surface area contributed by atoms with Gasteiger partial charge in [0.1, 0.15) is 0 Å². The summed E-state index contributed by atoms with van der Waals surface area (Å²) in [6, 6.07) is 6.89. The minimum absolute atomic E-state index is 0.605. The van der Waals surface area contributed by atoms with Crippen LogP contribution in [0.15, 0.2) is 22.7 Å². The monoisotopic (exact) mass is 326 g/mol. The highest BCUT2D eigenvalue weighted by molar-refractivity contribution is 9.10. The van der Waals surface area contributed by atoms with Gasteiger partial charge in [-0.15, -0.1) is 11.3 Å². The number of fused-ring (bicyclic) bond motifs is 1. The van der Waals surface area contributed by atoms with Crippen LogP contribution in [-0.2, 0) is 11.2 Å². The van der Waals surface area contributed by atoms with E-state index in [0.717, 1.165) is 36.2 Å². The van der Waals surface area contributed by atoms with Crippen molar-refractivity contribution in [3.8, 4) is 0 Å². The molecular formula is C13H15BrN2OS. The van der Waals surface area contributed by atoms with Crippen molar-refractivity contribution in [2.24, 2.45) is 0 Å². The Kier molecular flexibility index (Phi) is 3.66. The summed E-state index contributed by atoms with van der Waals surface area (Å²) in [5.41, 5.74) is 1.10. The predicted octanol–water partition coefficient (Wildman–Crippen LogP) is 2.93. The fourth-order valence-corrected chi connectivity index (χ4v) is 3.27. The van der Waals surface area contributed by atoms with E-state index in [1.165, 1.54) is 9.71 Å². The third kappa shape index (κ3) is 2.59. The summed E-state index contributed by atoms with van der Waals surface area (Å²) in [5, 5.41) is 1.22. The van der Waals surface area contributed by atoms with Crippen LogP contribution in [0.4, 0.5) is 0 Å². The van der Waals surface area contributed by atoms with Gasteiger partial charge in [-0.1, -0.05) is 15.9 Å². The summed E-state index contributed by atoms with van der Waals surface area (Å²) in [6.07, 6.45) is 1.02. The number of halogens is 1. The van der Waals surface area contributed by atoms with Crippen LogP contribution >= 0.6 is 27.3 Å². The van der Waals surface area contributed by atoms with Crippen molar-refractivity contribution in [1.29, 1.82) is 0 Å². The fraction of sp³-hybridized carbons (Fsp3) is 0.462. The van der Waals surface area contributed by atoms with Crippen molar-refractivity contribution in [2.45, 2.75) is 12.5 Å². The van der Waals surface area contributed by atoms with Gasteiger partial charge in [-0.2, -0.15) is 0 Å². The quantitative estimate of drug-likeness (QED) is 0.863. The summed E-state index contributed by atoms with van der Waals surface area (Å²) in [4.78, 5) is 7.05. The van der Waals surface area contributed by atoms with Gasteiger partial charge in [-0.05, 0) is 25.2 Å². The Labute approximate surface area is 119 Å². The molecule has 1 fully saturated rings. The first-order valence-corrected chi connectivity index (χ1v) is 7.66. The molecule has 0 amide bonds. The molecule has 1 aromatic heterocycles. The van der Waals surface area contributed by atoms with E-state index in [1.54, 1.807) is 11.3 Å². The highest BCUT2D eigenvalue weighted by Crippen LogP contribution is 2.25. The summed E-state index contributed by atoms with van der Waals surface area (Å²) in [7, 11) is 2.16. The van der Waals surface area contributed by atoms with E-state index in [-0.39, 0.29) is 0 Å². The zero-order valence-corrected chi connectivity index (χ0v) is 12.6. The van der Waals surface area contributed by atoms with Gasteiger partial charge in [0.15, 0.2) is 0 Å². The maximum Gasteiger partial charge on any atom is 0.0951 e. The molecular weight excluding hydrogens is 312 g/mol. The SMILES string of the molecule is CN(CCc1nc2cc(Br)ccc2s1)C1COC1. The molecule has 0 N–H and O–H groups in total. The number of ether oxygens (including phenoxy) is 1.